The molecule has 0 spiro atoms. The molecule has 1 aromatic rings. The molecule has 0 saturated heterocycles. The van der Waals surface area contributed by atoms with E-state index in [0.717, 1.165) is 12.0 Å². The Morgan fingerprint density at radius 1 is 1.19 bits per heavy atom. The molecule has 0 heterocycles. The van der Waals surface area contributed by atoms with E-state index in [2.05, 4.69) is 49.5 Å². The minimum absolute atomic E-state index is 0. The Kier molecular flexibility index (Phi) is 5.30. The van der Waals surface area contributed by atoms with E-state index in [9.17, 15) is 0 Å². The van der Waals surface area contributed by atoms with Gasteiger partial charge in [-0.1, -0.05) is 43.7 Å². The Morgan fingerprint density at radius 2 is 1.88 bits per heavy atom. The molecule has 0 unspecified atom stereocenters. The van der Waals surface area contributed by atoms with Crippen LogP contribution >= 0.6 is 12.4 Å². The van der Waals surface area contributed by atoms with Gasteiger partial charge in [-0.05, 0) is 31.2 Å². The average molecular weight is 240 g/mol. The van der Waals surface area contributed by atoms with Gasteiger partial charge in [0.25, 0.3) is 0 Å². The molecule has 0 bridgehead atoms. The van der Waals surface area contributed by atoms with Crippen LogP contribution in [0, 0.1) is 5.92 Å². The van der Waals surface area contributed by atoms with E-state index >= 15 is 0 Å². The predicted molar refractivity (Wildman–Crippen MR) is 72.0 cm³/mol. The lowest BCUT2D eigenvalue weighted by atomic mass is 10.0. The lowest BCUT2D eigenvalue weighted by Crippen LogP contribution is -2.33. The minimum atomic E-state index is 0. The molecule has 0 radical (unpaired) electrons. The van der Waals surface area contributed by atoms with Crippen molar-refractivity contribution in [3.8, 4) is 0 Å². The topological polar surface area (TPSA) is 12.0 Å². The molecule has 1 fully saturated rings. The molecule has 1 saturated carbocycles. The second-order valence-corrected chi connectivity index (χ2v) is 4.81. The lowest BCUT2D eigenvalue weighted by Gasteiger charge is -2.23. The molecule has 1 aliphatic rings. The van der Waals surface area contributed by atoms with Gasteiger partial charge in [0.2, 0.25) is 0 Å². The number of benzene rings is 1. The molecule has 3 atom stereocenters. The van der Waals surface area contributed by atoms with Crippen LogP contribution < -0.4 is 5.32 Å². The molecule has 1 aromatic carbocycles. The van der Waals surface area contributed by atoms with Crippen LogP contribution in [0.4, 0.5) is 0 Å². The summed E-state index contributed by atoms with van der Waals surface area (Å²) in [6.45, 7) is 4.63. The molecular formula is C14H22ClN. The molecule has 90 valence electrons. The van der Waals surface area contributed by atoms with E-state index in [1.165, 1.54) is 24.8 Å². The standard InChI is InChI=1S/C14H21N.ClH/c1-11-7-6-10-14(11)15-12(2)13-8-4-3-5-9-13;/h3-5,8-9,11-12,14-15H,6-7,10H2,1-2H3;1H/t11-,12+,14+;/m0./s1. The smallest absolute Gasteiger partial charge is 0.0294 e. The molecule has 1 aliphatic carbocycles. The van der Waals surface area contributed by atoms with Gasteiger partial charge in [0.15, 0.2) is 0 Å². The lowest BCUT2D eigenvalue weighted by molar-refractivity contribution is 0.388. The van der Waals surface area contributed by atoms with Gasteiger partial charge in [0.05, 0.1) is 0 Å². The zero-order chi connectivity index (χ0) is 10.7. The van der Waals surface area contributed by atoms with Gasteiger partial charge >= 0.3 is 0 Å². The first-order valence-corrected chi connectivity index (χ1v) is 6.08. The molecule has 0 aliphatic heterocycles. The van der Waals surface area contributed by atoms with Crippen LogP contribution in [0.25, 0.3) is 0 Å². The molecule has 2 rings (SSSR count). The van der Waals surface area contributed by atoms with E-state index in [1.807, 2.05) is 0 Å². The van der Waals surface area contributed by atoms with E-state index in [4.69, 9.17) is 0 Å². The maximum absolute atomic E-state index is 3.74. The summed E-state index contributed by atoms with van der Waals surface area (Å²) in [5.41, 5.74) is 1.40. The molecule has 0 amide bonds. The van der Waals surface area contributed by atoms with E-state index in [1.54, 1.807) is 0 Å². The summed E-state index contributed by atoms with van der Waals surface area (Å²) in [6, 6.07) is 11.9. The number of hydrogen-bond acceptors (Lipinski definition) is 1. The van der Waals surface area contributed by atoms with Gasteiger partial charge in [-0.15, -0.1) is 12.4 Å². The van der Waals surface area contributed by atoms with Gasteiger partial charge in [-0.3, -0.25) is 0 Å². The highest BCUT2D eigenvalue weighted by Gasteiger charge is 2.24. The normalized spacial score (nSPS) is 26.1. The fourth-order valence-corrected chi connectivity index (χ4v) is 2.55. The summed E-state index contributed by atoms with van der Waals surface area (Å²) in [5.74, 6) is 0.844. The van der Waals surface area contributed by atoms with Crippen LogP contribution in [-0.4, -0.2) is 6.04 Å². The maximum Gasteiger partial charge on any atom is 0.0294 e. The fourth-order valence-electron chi connectivity index (χ4n) is 2.55. The van der Waals surface area contributed by atoms with Crippen LogP contribution in [0.1, 0.15) is 44.7 Å². The fraction of sp³-hybridized carbons (Fsp3) is 0.571. The first-order chi connectivity index (χ1) is 7.27. The van der Waals surface area contributed by atoms with E-state index < -0.39 is 0 Å². The van der Waals surface area contributed by atoms with Crippen LogP contribution in [0.2, 0.25) is 0 Å². The molecule has 0 aromatic heterocycles. The SMILES string of the molecule is C[C@@H](N[C@@H]1CCC[C@@H]1C)c1ccccc1.Cl. The number of halogens is 1. The third-order valence-corrected chi connectivity index (χ3v) is 3.63. The summed E-state index contributed by atoms with van der Waals surface area (Å²) in [4.78, 5) is 0. The third-order valence-electron chi connectivity index (χ3n) is 3.63. The highest BCUT2D eigenvalue weighted by Crippen LogP contribution is 2.27. The Balaban J connectivity index is 0.00000128. The third kappa shape index (κ3) is 3.23. The quantitative estimate of drug-likeness (QED) is 0.842. The highest BCUT2D eigenvalue weighted by atomic mass is 35.5. The largest absolute Gasteiger partial charge is 0.307 e. The summed E-state index contributed by atoms with van der Waals surface area (Å²) in [6.07, 6.45) is 4.12. The Labute approximate surface area is 105 Å². The van der Waals surface area contributed by atoms with Crippen molar-refractivity contribution >= 4 is 12.4 Å². The molecular weight excluding hydrogens is 218 g/mol. The molecule has 1 nitrogen and oxygen atoms in total. The van der Waals surface area contributed by atoms with Crippen molar-refractivity contribution in [3.63, 3.8) is 0 Å². The van der Waals surface area contributed by atoms with Crippen molar-refractivity contribution < 1.29 is 0 Å². The predicted octanol–water partition coefficient (Wildman–Crippen LogP) is 3.95. The van der Waals surface area contributed by atoms with Gasteiger partial charge in [-0.25, -0.2) is 0 Å². The maximum atomic E-state index is 3.74. The van der Waals surface area contributed by atoms with Crippen molar-refractivity contribution in [1.29, 1.82) is 0 Å². The summed E-state index contributed by atoms with van der Waals surface area (Å²) in [5, 5.41) is 3.74. The van der Waals surface area contributed by atoms with Gasteiger partial charge in [0.1, 0.15) is 0 Å². The average Bonchev–Trinajstić information content (AvgIpc) is 2.66. The monoisotopic (exact) mass is 239 g/mol. The zero-order valence-corrected chi connectivity index (χ0v) is 11.0. The van der Waals surface area contributed by atoms with Crippen LogP contribution in [-0.2, 0) is 0 Å². The zero-order valence-electron chi connectivity index (χ0n) is 10.1. The van der Waals surface area contributed by atoms with Gasteiger partial charge < -0.3 is 5.32 Å². The first-order valence-electron chi connectivity index (χ1n) is 6.08. The Bertz CT molecular complexity index is 299. The summed E-state index contributed by atoms with van der Waals surface area (Å²) < 4.78 is 0. The summed E-state index contributed by atoms with van der Waals surface area (Å²) >= 11 is 0. The minimum Gasteiger partial charge on any atom is -0.307 e. The molecule has 16 heavy (non-hydrogen) atoms. The Morgan fingerprint density at radius 3 is 2.44 bits per heavy atom. The van der Waals surface area contributed by atoms with Crippen molar-refractivity contribution in [3.05, 3.63) is 35.9 Å². The van der Waals surface area contributed by atoms with E-state index in [0.29, 0.717) is 6.04 Å². The van der Waals surface area contributed by atoms with Crippen LogP contribution in [0.15, 0.2) is 30.3 Å². The van der Waals surface area contributed by atoms with E-state index in [-0.39, 0.29) is 12.4 Å². The van der Waals surface area contributed by atoms with Gasteiger partial charge in [-0.2, -0.15) is 0 Å². The van der Waals surface area contributed by atoms with Crippen molar-refractivity contribution in [2.24, 2.45) is 5.92 Å². The second kappa shape index (κ2) is 6.27. The van der Waals surface area contributed by atoms with Crippen molar-refractivity contribution in [1.82, 2.24) is 5.32 Å². The van der Waals surface area contributed by atoms with Crippen molar-refractivity contribution in [2.45, 2.75) is 45.2 Å². The first kappa shape index (κ1) is 13.5. The van der Waals surface area contributed by atoms with Crippen LogP contribution in [0.3, 0.4) is 0 Å². The number of hydrogen-bond donors (Lipinski definition) is 1. The second-order valence-electron chi connectivity index (χ2n) is 4.81. The molecule has 1 N–H and O–H groups in total. The summed E-state index contributed by atoms with van der Waals surface area (Å²) in [7, 11) is 0. The molecule has 2 heteroatoms. The highest BCUT2D eigenvalue weighted by molar-refractivity contribution is 5.85. The number of rotatable bonds is 3. The number of nitrogens with one attached hydrogen (secondary N) is 1. The van der Waals surface area contributed by atoms with Gasteiger partial charge in [0, 0.05) is 12.1 Å². The van der Waals surface area contributed by atoms with Crippen molar-refractivity contribution in [2.75, 3.05) is 0 Å². The Hall–Kier alpha value is -0.530. The van der Waals surface area contributed by atoms with Crippen LogP contribution in [0.5, 0.6) is 0 Å².